The van der Waals surface area contributed by atoms with Crippen molar-refractivity contribution in [2.45, 2.75) is 23.6 Å². The Labute approximate surface area is 158 Å². The topological polar surface area (TPSA) is 123 Å². The van der Waals surface area contributed by atoms with Crippen molar-refractivity contribution in [1.29, 1.82) is 0 Å². The average molecular weight is 409 g/mol. The first-order valence-electron chi connectivity index (χ1n) is 7.72. The maximum atomic E-state index is 13.0. The molecule has 1 aliphatic heterocycles. The van der Waals surface area contributed by atoms with Gasteiger partial charge in [-0.15, -0.1) is 11.3 Å². The van der Waals surface area contributed by atoms with Gasteiger partial charge in [0.2, 0.25) is 9.84 Å². The molecule has 0 saturated carbocycles. The molecular weight excluding hydrogens is 394 g/mol. The highest BCUT2D eigenvalue weighted by Crippen LogP contribution is 2.32. The number of ether oxygens (including phenoxy) is 1. The van der Waals surface area contributed by atoms with E-state index < -0.39 is 39.5 Å². The first-order chi connectivity index (χ1) is 12.8. The van der Waals surface area contributed by atoms with E-state index >= 15 is 0 Å². The Morgan fingerprint density at radius 3 is 2.67 bits per heavy atom. The summed E-state index contributed by atoms with van der Waals surface area (Å²) in [5, 5.41) is 0.902. The van der Waals surface area contributed by atoms with Gasteiger partial charge in [0.05, 0.1) is 24.0 Å². The van der Waals surface area contributed by atoms with E-state index in [0.717, 1.165) is 23.3 Å². The number of benzene rings is 1. The predicted molar refractivity (Wildman–Crippen MR) is 96.1 cm³/mol. The number of hydrogen-bond acceptors (Lipinski definition) is 8. The van der Waals surface area contributed by atoms with Crippen molar-refractivity contribution in [1.82, 2.24) is 9.88 Å². The van der Waals surface area contributed by atoms with Crippen molar-refractivity contribution in [3.05, 3.63) is 40.9 Å². The number of sulfone groups is 1. The van der Waals surface area contributed by atoms with Gasteiger partial charge in [0.15, 0.2) is 10.5 Å². The third-order valence-corrected chi connectivity index (χ3v) is 6.80. The van der Waals surface area contributed by atoms with Crippen LogP contribution >= 0.6 is 11.3 Å². The number of carbonyl (C=O) groups is 3. The molecule has 0 fully saturated rings. The molecule has 9 nitrogen and oxygen atoms in total. The van der Waals surface area contributed by atoms with E-state index in [1.807, 2.05) is 0 Å². The minimum Gasteiger partial charge on any atom is -0.469 e. The number of carbonyl (C=O) groups excluding carboxylic acids is 3. The van der Waals surface area contributed by atoms with Crippen LogP contribution in [0.3, 0.4) is 0 Å². The Morgan fingerprint density at radius 1 is 1.33 bits per heavy atom. The molecule has 1 N–H and O–H groups in total. The zero-order valence-corrected chi connectivity index (χ0v) is 16.0. The fourth-order valence-corrected chi connectivity index (χ4v) is 5.15. The number of fused-ring (bicyclic) bond motifs is 1. The summed E-state index contributed by atoms with van der Waals surface area (Å²) in [6.45, 7) is 1.78. The van der Waals surface area contributed by atoms with Crippen molar-refractivity contribution in [3.8, 4) is 0 Å². The number of thiazole rings is 1. The second kappa shape index (κ2) is 7.08. The maximum Gasteiger partial charge on any atom is 0.331 e. The van der Waals surface area contributed by atoms with Crippen molar-refractivity contribution in [2.75, 3.05) is 12.4 Å². The van der Waals surface area contributed by atoms with Gasteiger partial charge in [-0.3, -0.25) is 14.9 Å². The van der Waals surface area contributed by atoms with Crippen LogP contribution in [0.2, 0.25) is 0 Å². The number of hydrogen-bond donors (Lipinski definition) is 1. The quantitative estimate of drug-likeness (QED) is 0.767. The van der Waals surface area contributed by atoms with Crippen LogP contribution in [-0.4, -0.2) is 48.7 Å². The summed E-state index contributed by atoms with van der Waals surface area (Å²) in [5.74, 6) is -1.68. The molecule has 0 bridgehead atoms. The van der Waals surface area contributed by atoms with E-state index in [2.05, 4.69) is 15.0 Å². The maximum absolute atomic E-state index is 13.0. The van der Waals surface area contributed by atoms with Gasteiger partial charge in [0, 0.05) is 11.1 Å². The zero-order valence-electron chi connectivity index (χ0n) is 14.3. The third-order valence-electron chi connectivity index (χ3n) is 3.91. The van der Waals surface area contributed by atoms with Crippen LogP contribution in [-0.2, 0) is 19.4 Å². The Kier molecular flexibility index (Phi) is 4.98. The first kappa shape index (κ1) is 19.0. The van der Waals surface area contributed by atoms with Gasteiger partial charge in [0.1, 0.15) is 0 Å². The molecule has 1 aromatic carbocycles. The van der Waals surface area contributed by atoms with Crippen LogP contribution < -0.4 is 5.32 Å². The predicted octanol–water partition coefficient (Wildman–Crippen LogP) is 1.80. The molecule has 3 rings (SSSR count). The summed E-state index contributed by atoms with van der Waals surface area (Å²) < 4.78 is 30.5. The summed E-state index contributed by atoms with van der Waals surface area (Å²) >= 11 is 1.16. The molecule has 0 aliphatic carbocycles. The monoisotopic (exact) mass is 409 g/mol. The zero-order chi connectivity index (χ0) is 19.8. The van der Waals surface area contributed by atoms with E-state index in [0.29, 0.717) is 4.90 Å². The first-order valence-corrected chi connectivity index (χ1v) is 10.1. The van der Waals surface area contributed by atoms with Crippen LogP contribution in [0.5, 0.6) is 0 Å². The average Bonchev–Trinajstić information content (AvgIpc) is 3.04. The van der Waals surface area contributed by atoms with Gasteiger partial charge in [-0.2, -0.15) is 0 Å². The fraction of sp³-hybridized carbons (Fsp3) is 0.250. The molecule has 11 heteroatoms. The van der Waals surface area contributed by atoms with Crippen LogP contribution in [0.15, 0.2) is 35.4 Å². The molecule has 1 atom stereocenters. The number of anilines is 1. The number of aromatic nitrogens is 1. The number of nitrogens with zero attached hydrogens (tertiary/aromatic N) is 2. The molecular formula is C16H15N3O6S2. The Bertz CT molecular complexity index is 1030. The normalized spacial score (nSPS) is 17.9. The van der Waals surface area contributed by atoms with E-state index in [4.69, 9.17) is 0 Å². The number of urea groups is 1. The number of nitrogens with one attached hydrogen (secondary N) is 1. The van der Waals surface area contributed by atoms with Crippen molar-refractivity contribution in [3.63, 3.8) is 0 Å². The van der Waals surface area contributed by atoms with E-state index in [9.17, 15) is 22.8 Å². The lowest BCUT2D eigenvalue weighted by atomic mass is 10.2. The van der Waals surface area contributed by atoms with Gasteiger partial charge < -0.3 is 4.74 Å². The molecule has 142 valence electrons. The van der Waals surface area contributed by atoms with Gasteiger partial charge in [-0.05, 0) is 19.1 Å². The van der Waals surface area contributed by atoms with E-state index in [-0.39, 0.29) is 15.6 Å². The lowest BCUT2D eigenvalue weighted by molar-refractivity contribution is -0.141. The van der Waals surface area contributed by atoms with E-state index in [1.54, 1.807) is 6.92 Å². The molecule has 1 unspecified atom stereocenters. The third kappa shape index (κ3) is 3.43. The van der Waals surface area contributed by atoms with Gasteiger partial charge in [-0.1, -0.05) is 12.1 Å². The molecule has 0 radical (unpaired) electrons. The van der Waals surface area contributed by atoms with E-state index in [1.165, 1.54) is 30.5 Å². The van der Waals surface area contributed by atoms with Crippen molar-refractivity contribution >= 4 is 44.2 Å². The second-order valence-corrected chi connectivity index (χ2v) is 8.97. The SMILES string of the molecule is COC(=O)CC1N(C(=O)Nc2ncc(C)s2)C(=O)c2ccccc2S1(=O)=O. The summed E-state index contributed by atoms with van der Waals surface area (Å²) in [6, 6.07) is 4.56. The molecule has 0 spiro atoms. The number of methoxy groups -OCH3 is 1. The smallest absolute Gasteiger partial charge is 0.331 e. The Morgan fingerprint density at radius 2 is 2.04 bits per heavy atom. The summed E-state index contributed by atoms with van der Waals surface area (Å²) in [5.41, 5.74) is -0.135. The number of esters is 1. The molecule has 0 saturated heterocycles. The van der Waals surface area contributed by atoms with Crippen LogP contribution in [0.4, 0.5) is 9.93 Å². The summed E-state index contributed by atoms with van der Waals surface area (Å²) in [4.78, 5) is 42.4. The molecule has 1 aliphatic rings. The Hall–Kier alpha value is -2.79. The van der Waals surface area contributed by atoms with Crippen LogP contribution in [0.1, 0.15) is 21.7 Å². The fourth-order valence-electron chi connectivity index (χ4n) is 2.65. The second-order valence-electron chi connectivity index (χ2n) is 5.66. The van der Waals surface area contributed by atoms with Gasteiger partial charge in [-0.25, -0.2) is 23.1 Å². The van der Waals surface area contributed by atoms with Gasteiger partial charge >= 0.3 is 12.0 Å². The highest BCUT2D eigenvalue weighted by molar-refractivity contribution is 7.92. The summed E-state index contributed by atoms with van der Waals surface area (Å²) in [7, 11) is -3.08. The number of imide groups is 1. The van der Waals surface area contributed by atoms with Crippen molar-refractivity contribution < 1.29 is 27.5 Å². The number of amides is 3. The lowest BCUT2D eigenvalue weighted by Crippen LogP contribution is -2.54. The standard InChI is InChI=1S/C16H15N3O6S2/c1-9-8-17-15(26-9)18-16(22)19-12(7-13(20)25-2)27(23,24)11-6-4-3-5-10(11)14(19)21/h3-6,8,12H,7H2,1-2H3,(H,17,18,22). The van der Waals surface area contributed by atoms with Crippen LogP contribution in [0, 0.1) is 6.92 Å². The molecule has 3 amide bonds. The lowest BCUT2D eigenvalue weighted by Gasteiger charge is -2.33. The van der Waals surface area contributed by atoms with Crippen LogP contribution in [0.25, 0.3) is 0 Å². The molecule has 2 aromatic rings. The van der Waals surface area contributed by atoms with Crippen molar-refractivity contribution in [2.24, 2.45) is 0 Å². The highest BCUT2D eigenvalue weighted by Gasteiger charge is 2.47. The molecule has 1 aromatic heterocycles. The number of rotatable bonds is 3. The minimum absolute atomic E-state index is 0.135. The summed E-state index contributed by atoms with van der Waals surface area (Å²) in [6.07, 6.45) is 0.847. The molecule has 27 heavy (non-hydrogen) atoms. The number of aryl methyl sites for hydroxylation is 1. The highest BCUT2D eigenvalue weighted by atomic mass is 32.2. The largest absolute Gasteiger partial charge is 0.469 e. The van der Waals surface area contributed by atoms with Gasteiger partial charge in [0.25, 0.3) is 5.91 Å². The minimum atomic E-state index is -4.18. The molecule has 2 heterocycles. The Balaban J connectivity index is 2.06.